The molecule has 0 unspecified atom stereocenters. The Morgan fingerprint density at radius 3 is 2.39 bits per heavy atom. The zero-order valence-electron chi connectivity index (χ0n) is 11.8. The average molecular weight is 340 g/mol. The van der Waals surface area contributed by atoms with Crippen LogP contribution in [0.3, 0.4) is 0 Å². The van der Waals surface area contributed by atoms with Gasteiger partial charge in [-0.3, -0.25) is 0 Å². The van der Waals surface area contributed by atoms with E-state index >= 15 is 0 Å². The van der Waals surface area contributed by atoms with E-state index in [4.69, 9.17) is 16.9 Å². The molecule has 0 fully saturated rings. The molecule has 0 aliphatic heterocycles. The van der Waals surface area contributed by atoms with Crippen molar-refractivity contribution in [3.8, 4) is 6.07 Å². The van der Waals surface area contributed by atoms with Gasteiger partial charge in [-0.2, -0.15) is 18.4 Å². The summed E-state index contributed by atoms with van der Waals surface area (Å²) in [5.41, 5.74) is -0.450. The topological polar surface area (TPSA) is 60.1 Å². The highest BCUT2D eigenvalue weighted by Gasteiger charge is 2.31. The third-order valence-corrected chi connectivity index (χ3v) is 3.24. The number of hydrogen-bond acceptors (Lipinski definition) is 4. The van der Waals surface area contributed by atoms with E-state index in [0.717, 1.165) is 12.1 Å². The lowest BCUT2D eigenvalue weighted by molar-refractivity contribution is -0.137. The molecule has 0 bridgehead atoms. The number of pyridine rings is 1. The van der Waals surface area contributed by atoms with Crippen LogP contribution in [-0.2, 0) is 6.18 Å². The lowest BCUT2D eigenvalue weighted by Crippen LogP contribution is -2.34. The van der Waals surface area contributed by atoms with Gasteiger partial charge in [-0.1, -0.05) is 11.6 Å². The summed E-state index contributed by atoms with van der Waals surface area (Å²) in [6, 6.07) is 7.46. The number of halogens is 4. The summed E-state index contributed by atoms with van der Waals surface area (Å²) in [6.07, 6.45) is -3.16. The smallest absolute Gasteiger partial charge is 0.416 e. The van der Waals surface area contributed by atoms with Gasteiger partial charge in [0.1, 0.15) is 11.9 Å². The molecule has 118 valence electrons. The highest BCUT2D eigenvalue weighted by atomic mass is 35.5. The normalized spacial score (nSPS) is 11.0. The molecule has 9 heteroatoms. The van der Waals surface area contributed by atoms with Gasteiger partial charge in [0.05, 0.1) is 16.1 Å². The summed E-state index contributed by atoms with van der Waals surface area (Å²) >= 11 is 5.78. The van der Waals surface area contributed by atoms with Gasteiger partial charge in [0, 0.05) is 11.9 Å². The van der Waals surface area contributed by atoms with Crippen LogP contribution in [0, 0.1) is 11.3 Å². The monoisotopic (exact) mass is 339 g/mol. The van der Waals surface area contributed by atoms with Gasteiger partial charge in [0.2, 0.25) is 0 Å². The minimum atomic E-state index is -4.45. The van der Waals surface area contributed by atoms with Crippen molar-refractivity contribution in [3.05, 3.63) is 52.7 Å². The van der Waals surface area contributed by atoms with E-state index < -0.39 is 18.8 Å². The van der Waals surface area contributed by atoms with Crippen molar-refractivity contribution in [2.24, 2.45) is 0 Å². The molecule has 0 saturated carbocycles. The first-order valence-electron chi connectivity index (χ1n) is 6.44. The van der Waals surface area contributed by atoms with Crippen molar-refractivity contribution in [2.75, 3.05) is 4.81 Å². The number of aromatic nitrogens is 1. The number of nitrogens with zero attached hydrogens (tertiary/aromatic N) is 3. The van der Waals surface area contributed by atoms with Gasteiger partial charge in [-0.05, 0) is 37.2 Å². The van der Waals surface area contributed by atoms with Gasteiger partial charge in [0.25, 0.3) is 0 Å². The third-order valence-electron chi connectivity index (χ3n) is 3.03. The number of alkyl halides is 3. The summed E-state index contributed by atoms with van der Waals surface area (Å²) in [4.78, 5) is 5.25. The van der Waals surface area contributed by atoms with E-state index in [-0.39, 0.29) is 22.1 Å². The van der Waals surface area contributed by atoms with Crippen molar-refractivity contribution < 1.29 is 18.2 Å². The standard InChI is InChI=1S/C14H10BClF3N3O/c1-15(23)22(13-9(7-20)6-11(16)8-21-13)12-4-2-10(3-5-12)14(17,18)19/h2-6,8,23H,1H3. The number of benzene rings is 1. The van der Waals surface area contributed by atoms with Crippen molar-refractivity contribution in [1.82, 2.24) is 4.98 Å². The van der Waals surface area contributed by atoms with Crippen LogP contribution in [-0.4, -0.2) is 17.1 Å². The molecule has 4 nitrogen and oxygen atoms in total. The zero-order chi connectivity index (χ0) is 17.2. The molecule has 0 atom stereocenters. The van der Waals surface area contributed by atoms with Gasteiger partial charge >= 0.3 is 13.2 Å². The first-order chi connectivity index (χ1) is 10.7. The largest absolute Gasteiger partial charge is 0.432 e. The minimum Gasteiger partial charge on any atom is -0.432 e. The fourth-order valence-electron chi connectivity index (χ4n) is 2.03. The van der Waals surface area contributed by atoms with Crippen molar-refractivity contribution in [2.45, 2.75) is 13.0 Å². The van der Waals surface area contributed by atoms with Crippen LogP contribution in [0.15, 0.2) is 36.5 Å². The second-order valence-electron chi connectivity index (χ2n) is 4.68. The van der Waals surface area contributed by atoms with Crippen LogP contribution in [0.25, 0.3) is 0 Å². The van der Waals surface area contributed by atoms with E-state index in [2.05, 4.69) is 4.98 Å². The van der Waals surface area contributed by atoms with Crippen LogP contribution < -0.4 is 4.81 Å². The lowest BCUT2D eigenvalue weighted by Gasteiger charge is -2.26. The SMILES string of the molecule is CB(O)N(c1ccc(C(F)(F)F)cc1)c1ncc(Cl)cc1C#N. The molecular formula is C14H10BClF3N3O. The summed E-state index contributed by atoms with van der Waals surface area (Å²) in [6.45, 7) is 1.41. The van der Waals surface area contributed by atoms with Crippen LogP contribution in [0.4, 0.5) is 24.7 Å². The molecule has 0 saturated heterocycles. The molecule has 0 aliphatic rings. The maximum absolute atomic E-state index is 12.6. The van der Waals surface area contributed by atoms with Crippen molar-refractivity contribution in [3.63, 3.8) is 0 Å². The second-order valence-corrected chi connectivity index (χ2v) is 5.12. The molecule has 0 spiro atoms. The number of rotatable bonds is 3. The van der Waals surface area contributed by atoms with Crippen molar-refractivity contribution in [1.29, 1.82) is 5.26 Å². The Bertz CT molecular complexity index is 744. The predicted molar refractivity (Wildman–Crippen MR) is 81.4 cm³/mol. The molecule has 1 aromatic carbocycles. The minimum absolute atomic E-state index is 0.0956. The van der Waals surface area contributed by atoms with Crippen LogP contribution in [0.2, 0.25) is 11.8 Å². The van der Waals surface area contributed by atoms with Gasteiger partial charge in [-0.25, -0.2) is 4.98 Å². The molecule has 2 aromatic rings. The third kappa shape index (κ3) is 3.75. The van der Waals surface area contributed by atoms with Crippen LogP contribution in [0.5, 0.6) is 0 Å². The Hall–Kier alpha value is -2.24. The van der Waals surface area contributed by atoms with Crippen molar-refractivity contribution >= 4 is 30.2 Å². The number of anilines is 2. The molecule has 1 N–H and O–H groups in total. The van der Waals surface area contributed by atoms with Gasteiger partial charge < -0.3 is 9.83 Å². The van der Waals surface area contributed by atoms with E-state index in [1.807, 2.05) is 6.07 Å². The first-order valence-corrected chi connectivity index (χ1v) is 6.82. The quantitative estimate of drug-likeness (QED) is 0.862. The molecule has 0 aliphatic carbocycles. The molecule has 2 rings (SSSR count). The summed E-state index contributed by atoms with van der Waals surface area (Å²) in [5, 5.41) is 19.4. The Labute approximate surface area is 135 Å². The second kappa shape index (κ2) is 6.48. The summed E-state index contributed by atoms with van der Waals surface area (Å²) in [5.74, 6) is 0.103. The van der Waals surface area contributed by atoms with Crippen LogP contribution in [0.1, 0.15) is 11.1 Å². The first kappa shape index (κ1) is 17.1. The molecule has 0 amide bonds. The molecule has 23 heavy (non-hydrogen) atoms. The zero-order valence-corrected chi connectivity index (χ0v) is 12.6. The molecule has 1 heterocycles. The van der Waals surface area contributed by atoms with E-state index in [1.54, 1.807) is 0 Å². The summed E-state index contributed by atoms with van der Waals surface area (Å²) < 4.78 is 37.9. The Kier molecular flexibility index (Phi) is 4.83. The van der Waals surface area contributed by atoms with Gasteiger partial charge in [0.15, 0.2) is 0 Å². The molecular weight excluding hydrogens is 329 g/mol. The van der Waals surface area contributed by atoms with Gasteiger partial charge in [-0.15, -0.1) is 0 Å². The Morgan fingerprint density at radius 1 is 1.30 bits per heavy atom. The maximum Gasteiger partial charge on any atom is 0.416 e. The molecule has 1 aromatic heterocycles. The Balaban J connectivity index is 2.50. The Morgan fingerprint density at radius 2 is 1.91 bits per heavy atom. The maximum atomic E-state index is 12.6. The lowest BCUT2D eigenvalue weighted by atomic mass is 9.83. The highest BCUT2D eigenvalue weighted by Crippen LogP contribution is 2.33. The van der Waals surface area contributed by atoms with Crippen LogP contribution >= 0.6 is 11.6 Å². The van der Waals surface area contributed by atoms with E-state index in [0.29, 0.717) is 0 Å². The van der Waals surface area contributed by atoms with E-state index in [1.165, 1.54) is 36.0 Å². The fourth-order valence-corrected chi connectivity index (χ4v) is 2.19. The van der Waals surface area contributed by atoms with E-state index in [9.17, 15) is 18.2 Å². The highest BCUT2D eigenvalue weighted by molar-refractivity contribution is 6.55. The number of hydrogen-bond donors (Lipinski definition) is 1. The number of nitriles is 1. The average Bonchev–Trinajstić information content (AvgIpc) is 2.48. The summed E-state index contributed by atoms with van der Waals surface area (Å²) in [7, 11) is -1.12. The molecule has 0 radical (unpaired) electrons. The fraction of sp³-hybridized carbons (Fsp3) is 0.143. The predicted octanol–water partition coefficient (Wildman–Crippen LogP) is 3.87.